The van der Waals surface area contributed by atoms with Crippen LogP contribution >= 0.6 is 0 Å². The molecule has 3 heteroatoms. The second kappa shape index (κ2) is 6.02. The third-order valence-corrected chi connectivity index (χ3v) is 4.84. The Hall–Kier alpha value is -0.930. The van der Waals surface area contributed by atoms with Gasteiger partial charge in [-0.1, -0.05) is 6.42 Å². The summed E-state index contributed by atoms with van der Waals surface area (Å²) in [5.41, 5.74) is 1.40. The van der Waals surface area contributed by atoms with Crippen LogP contribution in [0.3, 0.4) is 0 Å². The number of hydrogen-bond acceptors (Lipinski definition) is 3. The predicted octanol–water partition coefficient (Wildman–Crippen LogP) is 2.75. The largest absolute Gasteiger partial charge is 0.312 e. The Morgan fingerprint density at radius 2 is 2.05 bits per heavy atom. The number of hydrogen-bond donors (Lipinski definition) is 1. The molecule has 2 aliphatic heterocycles. The van der Waals surface area contributed by atoms with Crippen LogP contribution in [-0.2, 0) is 0 Å². The minimum atomic E-state index is 0.510. The fraction of sp³-hybridized carbons (Fsp3) is 0.688. The normalized spacial score (nSPS) is 30.4. The van der Waals surface area contributed by atoms with Gasteiger partial charge in [0, 0.05) is 30.5 Å². The van der Waals surface area contributed by atoms with Gasteiger partial charge >= 0.3 is 0 Å². The van der Waals surface area contributed by atoms with E-state index in [1.54, 1.807) is 0 Å². The molecule has 3 rings (SSSR count). The van der Waals surface area contributed by atoms with Crippen molar-refractivity contribution < 1.29 is 0 Å². The van der Waals surface area contributed by atoms with E-state index < -0.39 is 0 Å². The van der Waals surface area contributed by atoms with Gasteiger partial charge in [-0.25, -0.2) is 0 Å². The average molecular weight is 259 g/mol. The molecular formula is C16H25N3. The first-order valence-electron chi connectivity index (χ1n) is 7.75. The van der Waals surface area contributed by atoms with Gasteiger partial charge in [-0.05, 0) is 63.4 Å². The van der Waals surface area contributed by atoms with Crippen LogP contribution in [0.5, 0.6) is 0 Å². The summed E-state index contributed by atoms with van der Waals surface area (Å²) in [5.74, 6) is 0. The number of likely N-dealkylation sites (tertiary alicyclic amines) is 1. The maximum atomic E-state index is 4.14. The molecule has 1 N–H and O–H groups in total. The molecule has 1 aromatic rings. The van der Waals surface area contributed by atoms with Crippen molar-refractivity contribution >= 4 is 0 Å². The van der Waals surface area contributed by atoms with Crippen molar-refractivity contribution in [1.29, 1.82) is 0 Å². The summed E-state index contributed by atoms with van der Waals surface area (Å²) in [6, 6.07) is 6.27. The van der Waals surface area contributed by atoms with Crippen molar-refractivity contribution in [2.24, 2.45) is 0 Å². The second-order valence-electron chi connectivity index (χ2n) is 5.96. The van der Waals surface area contributed by atoms with Crippen LogP contribution in [0.4, 0.5) is 0 Å². The first-order chi connectivity index (χ1) is 9.36. The van der Waals surface area contributed by atoms with Gasteiger partial charge in [-0.2, -0.15) is 0 Å². The summed E-state index contributed by atoms with van der Waals surface area (Å²) in [7, 11) is 0. The molecule has 2 aliphatic rings. The van der Waals surface area contributed by atoms with E-state index in [9.17, 15) is 0 Å². The minimum absolute atomic E-state index is 0.510. The lowest BCUT2D eigenvalue weighted by atomic mass is 9.92. The topological polar surface area (TPSA) is 28.2 Å². The molecule has 2 fully saturated rings. The minimum Gasteiger partial charge on any atom is -0.312 e. The van der Waals surface area contributed by atoms with E-state index in [-0.39, 0.29) is 0 Å². The molecule has 0 aromatic carbocycles. The third-order valence-electron chi connectivity index (χ3n) is 4.84. The lowest BCUT2D eigenvalue weighted by molar-refractivity contribution is 0.0802. The standard InChI is InChI=1S/C16H25N3/c1-13(14-7-10-17-11-8-14)19-12-3-2-6-16(19)15-5-4-9-18-15/h7-8,10-11,13,15-16,18H,2-6,9,12H2,1H3. The zero-order chi connectivity index (χ0) is 13.1. The molecule has 1 aromatic heterocycles. The molecule has 0 saturated carbocycles. The van der Waals surface area contributed by atoms with Crippen LogP contribution < -0.4 is 5.32 Å². The van der Waals surface area contributed by atoms with E-state index in [0.717, 1.165) is 6.04 Å². The molecule has 3 nitrogen and oxygen atoms in total. The van der Waals surface area contributed by atoms with Gasteiger partial charge in [0.2, 0.25) is 0 Å². The number of rotatable bonds is 3. The quantitative estimate of drug-likeness (QED) is 0.904. The highest BCUT2D eigenvalue weighted by Crippen LogP contribution is 2.31. The van der Waals surface area contributed by atoms with Crippen molar-refractivity contribution in [1.82, 2.24) is 15.2 Å². The lowest BCUT2D eigenvalue weighted by Gasteiger charge is -2.43. The Labute approximate surface area is 116 Å². The molecular weight excluding hydrogens is 234 g/mol. The Bertz CT molecular complexity index is 386. The first kappa shape index (κ1) is 13.1. The molecule has 0 radical (unpaired) electrons. The molecule has 0 spiro atoms. The fourth-order valence-electron chi connectivity index (χ4n) is 3.77. The zero-order valence-corrected chi connectivity index (χ0v) is 11.9. The maximum absolute atomic E-state index is 4.14. The highest BCUT2D eigenvalue weighted by Gasteiger charge is 2.34. The van der Waals surface area contributed by atoms with Crippen molar-refractivity contribution in [3.8, 4) is 0 Å². The van der Waals surface area contributed by atoms with E-state index in [1.165, 1.54) is 50.8 Å². The van der Waals surface area contributed by atoms with E-state index >= 15 is 0 Å². The highest BCUT2D eigenvalue weighted by molar-refractivity contribution is 5.15. The molecule has 3 unspecified atom stereocenters. The molecule has 104 valence electrons. The van der Waals surface area contributed by atoms with Crippen molar-refractivity contribution in [2.75, 3.05) is 13.1 Å². The highest BCUT2D eigenvalue weighted by atomic mass is 15.2. The van der Waals surface area contributed by atoms with Crippen molar-refractivity contribution in [3.63, 3.8) is 0 Å². The summed E-state index contributed by atoms with van der Waals surface area (Å²) in [6.07, 6.45) is 10.6. The Morgan fingerprint density at radius 3 is 2.79 bits per heavy atom. The molecule has 3 heterocycles. The summed E-state index contributed by atoms with van der Waals surface area (Å²) < 4.78 is 0. The van der Waals surface area contributed by atoms with Gasteiger partial charge in [0.05, 0.1) is 0 Å². The Morgan fingerprint density at radius 1 is 1.21 bits per heavy atom. The van der Waals surface area contributed by atoms with E-state index in [0.29, 0.717) is 12.1 Å². The van der Waals surface area contributed by atoms with Gasteiger partial charge in [0.1, 0.15) is 0 Å². The second-order valence-corrected chi connectivity index (χ2v) is 5.96. The number of nitrogens with one attached hydrogen (secondary N) is 1. The SMILES string of the molecule is CC(c1ccncc1)N1CCCCC1C1CCCN1. The fourth-order valence-corrected chi connectivity index (χ4v) is 3.77. The van der Waals surface area contributed by atoms with Gasteiger partial charge in [0.25, 0.3) is 0 Å². The number of pyridine rings is 1. The van der Waals surface area contributed by atoms with Crippen LogP contribution in [0.1, 0.15) is 50.6 Å². The van der Waals surface area contributed by atoms with Gasteiger partial charge in [-0.15, -0.1) is 0 Å². The molecule has 19 heavy (non-hydrogen) atoms. The maximum Gasteiger partial charge on any atom is 0.0324 e. The Balaban J connectivity index is 1.76. The lowest BCUT2D eigenvalue weighted by Crippen LogP contribution is -2.50. The van der Waals surface area contributed by atoms with Gasteiger partial charge in [0.15, 0.2) is 0 Å². The molecule has 0 bridgehead atoms. The third kappa shape index (κ3) is 2.82. The smallest absolute Gasteiger partial charge is 0.0324 e. The zero-order valence-electron chi connectivity index (χ0n) is 11.9. The van der Waals surface area contributed by atoms with Gasteiger partial charge < -0.3 is 5.32 Å². The van der Waals surface area contributed by atoms with Crippen molar-refractivity contribution in [3.05, 3.63) is 30.1 Å². The monoisotopic (exact) mass is 259 g/mol. The van der Waals surface area contributed by atoms with Crippen LogP contribution in [0, 0.1) is 0 Å². The summed E-state index contributed by atoms with van der Waals surface area (Å²) in [5, 5.41) is 3.71. The average Bonchev–Trinajstić information content (AvgIpc) is 3.01. The first-order valence-corrected chi connectivity index (χ1v) is 7.75. The molecule has 3 atom stereocenters. The molecule has 2 saturated heterocycles. The van der Waals surface area contributed by atoms with E-state index in [2.05, 4.69) is 34.3 Å². The molecule has 0 amide bonds. The summed E-state index contributed by atoms with van der Waals surface area (Å²) in [4.78, 5) is 6.86. The number of piperidine rings is 1. The summed E-state index contributed by atoms with van der Waals surface area (Å²) >= 11 is 0. The van der Waals surface area contributed by atoms with Crippen LogP contribution in [0.2, 0.25) is 0 Å². The molecule has 0 aliphatic carbocycles. The summed E-state index contributed by atoms with van der Waals surface area (Å²) in [6.45, 7) is 4.80. The number of nitrogens with zero attached hydrogens (tertiary/aromatic N) is 2. The number of aromatic nitrogens is 1. The predicted molar refractivity (Wildman–Crippen MR) is 78.0 cm³/mol. The van der Waals surface area contributed by atoms with Crippen molar-refractivity contribution in [2.45, 2.75) is 57.2 Å². The van der Waals surface area contributed by atoms with E-state index in [1.807, 2.05) is 12.4 Å². The van der Waals surface area contributed by atoms with Crippen LogP contribution in [0.15, 0.2) is 24.5 Å². The van der Waals surface area contributed by atoms with Crippen LogP contribution in [0.25, 0.3) is 0 Å². The van der Waals surface area contributed by atoms with Gasteiger partial charge in [-0.3, -0.25) is 9.88 Å². The van der Waals surface area contributed by atoms with E-state index in [4.69, 9.17) is 0 Å². The van der Waals surface area contributed by atoms with Crippen LogP contribution in [-0.4, -0.2) is 35.1 Å². The Kier molecular flexibility index (Phi) is 4.14.